The summed E-state index contributed by atoms with van der Waals surface area (Å²) in [6.45, 7) is 0. The zero-order valence-corrected chi connectivity index (χ0v) is 5.64. The molecule has 0 rings (SSSR count). The third kappa shape index (κ3) is 10.2. The maximum absolute atomic E-state index is 0. The van der Waals surface area contributed by atoms with Crippen LogP contribution in [0.2, 0.25) is 0 Å². The molecule has 0 fully saturated rings. The molecular formula is H4CrO2Zr. The van der Waals surface area contributed by atoms with E-state index in [4.69, 9.17) is 0 Å². The molecule has 0 heterocycles. The monoisotopic (exact) mass is 178 g/mol. The predicted molar refractivity (Wildman–Crippen MR) is 7.23 cm³/mol. The van der Waals surface area contributed by atoms with Gasteiger partial charge < -0.3 is 11.0 Å². The minimum atomic E-state index is 0. The molecule has 4 heavy (non-hydrogen) atoms. The normalized spacial score (nSPS) is 0. The third-order valence-electron chi connectivity index (χ3n) is 0. The molecule has 0 aromatic heterocycles. The molecule has 0 atom stereocenters. The second kappa shape index (κ2) is 27.0. The van der Waals surface area contributed by atoms with Crippen LogP contribution in [0, 0.1) is 0 Å². The SMILES string of the molecule is O.O.[Cr].[Zr]. The van der Waals surface area contributed by atoms with Crippen LogP contribution in [0.4, 0.5) is 0 Å². The van der Waals surface area contributed by atoms with Gasteiger partial charge in [0.1, 0.15) is 0 Å². The molecule has 0 radical (unpaired) electrons. The van der Waals surface area contributed by atoms with Crippen molar-refractivity contribution in [1.82, 2.24) is 0 Å². The van der Waals surface area contributed by atoms with E-state index in [-0.39, 0.29) is 54.5 Å². The third-order valence-corrected chi connectivity index (χ3v) is 0. The summed E-state index contributed by atoms with van der Waals surface area (Å²) in [6, 6.07) is 0. The van der Waals surface area contributed by atoms with Crippen molar-refractivity contribution < 1.29 is 54.5 Å². The van der Waals surface area contributed by atoms with Gasteiger partial charge >= 0.3 is 0 Å². The first kappa shape index (κ1) is 56.2. The summed E-state index contributed by atoms with van der Waals surface area (Å²) < 4.78 is 0. The van der Waals surface area contributed by atoms with E-state index in [1.807, 2.05) is 0 Å². The quantitative estimate of drug-likeness (QED) is 0.427. The summed E-state index contributed by atoms with van der Waals surface area (Å²) in [6.07, 6.45) is 0. The van der Waals surface area contributed by atoms with Gasteiger partial charge in [0.15, 0.2) is 0 Å². The van der Waals surface area contributed by atoms with Gasteiger partial charge in [-0.15, -0.1) is 0 Å². The van der Waals surface area contributed by atoms with Crippen LogP contribution in [0.1, 0.15) is 0 Å². The molecular weight excluding hydrogens is 175 g/mol. The van der Waals surface area contributed by atoms with Gasteiger partial charge in [-0.05, 0) is 0 Å². The Labute approximate surface area is 54.5 Å². The Balaban J connectivity index is 0. The zero-order chi connectivity index (χ0) is 0. The van der Waals surface area contributed by atoms with Crippen LogP contribution in [0.5, 0.6) is 0 Å². The largest absolute Gasteiger partial charge is 0.412 e. The van der Waals surface area contributed by atoms with Crippen LogP contribution >= 0.6 is 0 Å². The molecule has 0 unspecified atom stereocenters. The van der Waals surface area contributed by atoms with Crippen molar-refractivity contribution in [2.75, 3.05) is 0 Å². The second-order valence-corrected chi connectivity index (χ2v) is 0. The van der Waals surface area contributed by atoms with Crippen LogP contribution in [0.3, 0.4) is 0 Å². The van der Waals surface area contributed by atoms with Gasteiger partial charge in [0.25, 0.3) is 0 Å². The van der Waals surface area contributed by atoms with Gasteiger partial charge in [-0.25, -0.2) is 0 Å². The Bertz CT molecular complexity index is 6.00. The van der Waals surface area contributed by atoms with Crippen molar-refractivity contribution in [1.29, 1.82) is 0 Å². The van der Waals surface area contributed by atoms with E-state index < -0.39 is 0 Å². The van der Waals surface area contributed by atoms with E-state index >= 15 is 0 Å². The van der Waals surface area contributed by atoms with Gasteiger partial charge in [0, 0.05) is 43.6 Å². The molecule has 0 aromatic rings. The summed E-state index contributed by atoms with van der Waals surface area (Å²) in [5.74, 6) is 0. The minimum Gasteiger partial charge on any atom is -0.412 e. The van der Waals surface area contributed by atoms with Crippen molar-refractivity contribution in [2.45, 2.75) is 0 Å². The maximum Gasteiger partial charge on any atom is 0 e. The molecule has 0 aliphatic rings. The molecule has 0 amide bonds. The molecule has 0 saturated carbocycles. The molecule has 0 aliphatic carbocycles. The van der Waals surface area contributed by atoms with Gasteiger partial charge in [0.05, 0.1) is 0 Å². The molecule has 0 aromatic carbocycles. The number of hydrogen-bond acceptors (Lipinski definition) is 0. The molecule has 0 bridgehead atoms. The Hall–Kier alpha value is 1.34. The van der Waals surface area contributed by atoms with E-state index in [0.717, 1.165) is 0 Å². The Morgan fingerprint density at radius 2 is 0.750 bits per heavy atom. The first-order valence-corrected chi connectivity index (χ1v) is 0. The summed E-state index contributed by atoms with van der Waals surface area (Å²) in [7, 11) is 0. The van der Waals surface area contributed by atoms with Crippen LogP contribution in [-0.4, -0.2) is 11.0 Å². The van der Waals surface area contributed by atoms with Crippen LogP contribution in [0.25, 0.3) is 0 Å². The fraction of sp³-hybridized carbons (Fsp3) is 0. The molecule has 0 spiro atoms. The topological polar surface area (TPSA) is 63.0 Å². The summed E-state index contributed by atoms with van der Waals surface area (Å²) in [5.41, 5.74) is 0. The Kier molecular flexibility index (Phi) is 380. The van der Waals surface area contributed by atoms with Crippen LogP contribution in [0.15, 0.2) is 0 Å². The molecule has 4 N–H and O–H groups in total. The van der Waals surface area contributed by atoms with Crippen molar-refractivity contribution in [3.8, 4) is 0 Å². The van der Waals surface area contributed by atoms with E-state index in [0.29, 0.717) is 0 Å². The number of hydrogen-bond donors (Lipinski definition) is 0. The maximum atomic E-state index is 0. The van der Waals surface area contributed by atoms with Crippen molar-refractivity contribution in [3.05, 3.63) is 0 Å². The predicted octanol–water partition coefficient (Wildman–Crippen LogP) is -1.65. The van der Waals surface area contributed by atoms with Gasteiger partial charge in [-0.2, -0.15) is 0 Å². The van der Waals surface area contributed by atoms with E-state index in [2.05, 4.69) is 0 Å². The molecule has 4 heteroatoms. The van der Waals surface area contributed by atoms with Crippen molar-refractivity contribution >= 4 is 0 Å². The first-order valence-electron chi connectivity index (χ1n) is 0. The molecule has 26 valence electrons. The number of rotatable bonds is 0. The summed E-state index contributed by atoms with van der Waals surface area (Å²) in [4.78, 5) is 0. The molecule has 0 aliphatic heterocycles. The van der Waals surface area contributed by atoms with Crippen molar-refractivity contribution in [2.24, 2.45) is 0 Å². The zero-order valence-electron chi connectivity index (χ0n) is 1.91. The van der Waals surface area contributed by atoms with Crippen LogP contribution < -0.4 is 0 Å². The fourth-order valence-electron chi connectivity index (χ4n) is 0. The fourth-order valence-corrected chi connectivity index (χ4v) is 0. The average molecular weight is 179 g/mol. The average Bonchev–Trinajstić information content (AvgIpc) is 0. The van der Waals surface area contributed by atoms with E-state index in [1.54, 1.807) is 0 Å². The smallest absolute Gasteiger partial charge is 0 e. The second-order valence-electron chi connectivity index (χ2n) is 0. The Morgan fingerprint density at radius 3 is 0.750 bits per heavy atom. The minimum absolute atomic E-state index is 0. The van der Waals surface area contributed by atoms with Gasteiger partial charge in [0.2, 0.25) is 0 Å². The van der Waals surface area contributed by atoms with Crippen LogP contribution in [-0.2, 0) is 43.6 Å². The standard InChI is InChI=1S/Cr.2H2O.Zr/h;2*1H2;. The van der Waals surface area contributed by atoms with E-state index in [1.165, 1.54) is 0 Å². The summed E-state index contributed by atoms with van der Waals surface area (Å²) in [5, 5.41) is 0. The Morgan fingerprint density at radius 1 is 0.750 bits per heavy atom. The van der Waals surface area contributed by atoms with Gasteiger partial charge in [-0.3, -0.25) is 0 Å². The van der Waals surface area contributed by atoms with Gasteiger partial charge in [-0.1, -0.05) is 0 Å². The first-order chi connectivity index (χ1) is 0. The van der Waals surface area contributed by atoms with E-state index in [9.17, 15) is 0 Å². The van der Waals surface area contributed by atoms with Crippen molar-refractivity contribution in [3.63, 3.8) is 0 Å². The molecule has 0 saturated heterocycles. The summed E-state index contributed by atoms with van der Waals surface area (Å²) >= 11 is 0. The molecule has 2 nitrogen and oxygen atoms in total.